The molecule has 0 radical (unpaired) electrons. The summed E-state index contributed by atoms with van der Waals surface area (Å²) in [6, 6.07) is 15.3. The van der Waals surface area contributed by atoms with E-state index >= 15 is 0 Å². The zero-order valence-corrected chi connectivity index (χ0v) is 18.4. The van der Waals surface area contributed by atoms with Crippen molar-refractivity contribution < 1.29 is 5.11 Å². The summed E-state index contributed by atoms with van der Waals surface area (Å²) in [5.74, 6) is 1.55. The molecule has 1 fully saturated rings. The van der Waals surface area contributed by atoms with Gasteiger partial charge in [0.1, 0.15) is 5.82 Å². The van der Waals surface area contributed by atoms with Crippen LogP contribution in [0.3, 0.4) is 0 Å². The maximum atomic E-state index is 11.2. The largest absolute Gasteiger partial charge is 0.390 e. The average Bonchev–Trinajstić information content (AvgIpc) is 3.12. The number of aromatic nitrogens is 2. The normalized spacial score (nSPS) is 28.7. The molecule has 1 aromatic heterocycles. The number of nitrogens with one attached hydrogen (secondary N) is 1. The molecule has 1 saturated carbocycles. The third kappa shape index (κ3) is 3.19. The van der Waals surface area contributed by atoms with Crippen LogP contribution < -0.4 is 0 Å². The van der Waals surface area contributed by atoms with Gasteiger partial charge in [-0.05, 0) is 92.0 Å². The highest BCUT2D eigenvalue weighted by Gasteiger charge is 2.49. The molecule has 3 aromatic rings. The van der Waals surface area contributed by atoms with Crippen LogP contribution in [0.2, 0.25) is 0 Å². The van der Waals surface area contributed by atoms with Gasteiger partial charge in [0.05, 0.1) is 16.6 Å². The van der Waals surface area contributed by atoms with Gasteiger partial charge in [0.15, 0.2) is 0 Å². The van der Waals surface area contributed by atoms with Gasteiger partial charge in [-0.1, -0.05) is 44.5 Å². The zero-order chi connectivity index (χ0) is 20.8. The SMILES string of the molecule is CCC[C@]1(O)CC[C@]2(CC)c3ccc(-c4nc5ccccc5[nH]4)cc3CCC[C@@H]2C1. The Balaban J connectivity index is 1.54. The van der Waals surface area contributed by atoms with Crippen LogP contribution in [-0.2, 0) is 11.8 Å². The van der Waals surface area contributed by atoms with Gasteiger partial charge in [-0.15, -0.1) is 0 Å². The van der Waals surface area contributed by atoms with Gasteiger partial charge in [0.25, 0.3) is 0 Å². The Morgan fingerprint density at radius 3 is 2.80 bits per heavy atom. The van der Waals surface area contributed by atoms with E-state index in [-0.39, 0.29) is 5.41 Å². The quantitative estimate of drug-likeness (QED) is 0.520. The summed E-state index contributed by atoms with van der Waals surface area (Å²) < 4.78 is 0. The maximum absolute atomic E-state index is 11.2. The highest BCUT2D eigenvalue weighted by Crippen LogP contribution is 2.54. The van der Waals surface area contributed by atoms with E-state index in [1.54, 1.807) is 5.56 Å². The topological polar surface area (TPSA) is 48.9 Å². The average molecular weight is 403 g/mol. The second-order valence-electron chi connectivity index (χ2n) is 9.75. The molecule has 0 aliphatic heterocycles. The van der Waals surface area contributed by atoms with E-state index in [1.165, 1.54) is 24.0 Å². The predicted octanol–water partition coefficient (Wildman–Crippen LogP) is 6.55. The third-order valence-electron chi connectivity index (χ3n) is 8.09. The number of rotatable bonds is 4. The fourth-order valence-electron chi connectivity index (χ4n) is 6.56. The van der Waals surface area contributed by atoms with Crippen LogP contribution in [0.25, 0.3) is 22.4 Å². The van der Waals surface area contributed by atoms with E-state index in [9.17, 15) is 5.11 Å². The molecule has 0 saturated heterocycles. The first-order chi connectivity index (χ1) is 14.6. The Hall–Kier alpha value is -2.13. The van der Waals surface area contributed by atoms with Crippen molar-refractivity contribution in [1.82, 2.24) is 9.97 Å². The number of H-pyrrole nitrogens is 1. The molecule has 1 heterocycles. The number of aliphatic hydroxyl groups is 1. The van der Waals surface area contributed by atoms with Crippen LogP contribution in [0.1, 0.15) is 76.3 Å². The van der Waals surface area contributed by atoms with Crippen LogP contribution in [0.15, 0.2) is 42.5 Å². The fraction of sp³-hybridized carbons (Fsp3) is 0.519. The summed E-state index contributed by atoms with van der Waals surface area (Å²) >= 11 is 0. The monoisotopic (exact) mass is 402 g/mol. The van der Waals surface area contributed by atoms with Gasteiger partial charge in [-0.2, -0.15) is 0 Å². The zero-order valence-electron chi connectivity index (χ0n) is 18.4. The summed E-state index contributed by atoms with van der Waals surface area (Å²) in [5.41, 5.74) is 6.12. The summed E-state index contributed by atoms with van der Waals surface area (Å²) in [6.45, 7) is 4.56. The summed E-state index contributed by atoms with van der Waals surface area (Å²) in [7, 11) is 0. The van der Waals surface area contributed by atoms with E-state index in [1.807, 2.05) is 6.07 Å². The predicted molar refractivity (Wildman–Crippen MR) is 124 cm³/mol. The minimum Gasteiger partial charge on any atom is -0.390 e. The van der Waals surface area contributed by atoms with Crippen molar-refractivity contribution in [1.29, 1.82) is 0 Å². The molecule has 3 atom stereocenters. The number of benzene rings is 2. The lowest BCUT2D eigenvalue weighted by atomic mass is 9.56. The van der Waals surface area contributed by atoms with Gasteiger partial charge in [0, 0.05) is 5.56 Å². The molecule has 0 amide bonds. The van der Waals surface area contributed by atoms with Crippen molar-refractivity contribution in [2.45, 2.75) is 82.7 Å². The smallest absolute Gasteiger partial charge is 0.138 e. The maximum Gasteiger partial charge on any atom is 0.138 e. The van der Waals surface area contributed by atoms with Crippen LogP contribution in [-0.4, -0.2) is 20.7 Å². The van der Waals surface area contributed by atoms with E-state index in [0.717, 1.165) is 61.8 Å². The summed E-state index contributed by atoms with van der Waals surface area (Å²) in [4.78, 5) is 8.32. The molecule has 30 heavy (non-hydrogen) atoms. The number of aryl methyl sites for hydroxylation is 1. The van der Waals surface area contributed by atoms with Gasteiger partial charge in [-0.25, -0.2) is 4.98 Å². The van der Waals surface area contributed by atoms with Crippen molar-refractivity contribution in [3.8, 4) is 11.4 Å². The molecule has 0 spiro atoms. The van der Waals surface area contributed by atoms with Gasteiger partial charge in [0.2, 0.25) is 0 Å². The number of hydrogen-bond donors (Lipinski definition) is 2. The summed E-state index contributed by atoms with van der Waals surface area (Å²) in [6.07, 6.45) is 9.78. The molecule has 0 unspecified atom stereocenters. The third-order valence-corrected chi connectivity index (χ3v) is 8.09. The number of fused-ring (bicyclic) bond motifs is 4. The Bertz CT molecular complexity index is 1020. The van der Waals surface area contributed by atoms with Crippen LogP contribution in [0.5, 0.6) is 0 Å². The molecule has 3 heteroatoms. The second kappa shape index (κ2) is 7.53. The molecular formula is C27H34N2O. The lowest BCUT2D eigenvalue weighted by molar-refractivity contribution is -0.0542. The highest BCUT2D eigenvalue weighted by atomic mass is 16.3. The Labute approximate surface area is 179 Å². The van der Waals surface area contributed by atoms with Crippen LogP contribution in [0, 0.1) is 5.92 Å². The lowest BCUT2D eigenvalue weighted by Crippen LogP contribution is -2.47. The lowest BCUT2D eigenvalue weighted by Gasteiger charge is -2.50. The van der Waals surface area contributed by atoms with E-state index in [4.69, 9.17) is 4.98 Å². The number of imidazole rings is 1. The number of nitrogens with zero attached hydrogens (tertiary/aromatic N) is 1. The minimum atomic E-state index is -0.448. The highest BCUT2D eigenvalue weighted by molar-refractivity contribution is 5.79. The molecule has 2 N–H and O–H groups in total. The van der Waals surface area contributed by atoms with Crippen molar-refractivity contribution in [3.63, 3.8) is 0 Å². The Kier molecular flexibility index (Phi) is 4.97. The fourth-order valence-corrected chi connectivity index (χ4v) is 6.56. The minimum absolute atomic E-state index is 0.220. The number of hydrogen-bond acceptors (Lipinski definition) is 2. The number of para-hydroxylation sites is 2. The number of aromatic amines is 1. The molecule has 2 aliphatic carbocycles. The Morgan fingerprint density at radius 1 is 1.13 bits per heavy atom. The van der Waals surface area contributed by atoms with Crippen LogP contribution >= 0.6 is 0 Å². The first kappa shape index (κ1) is 19.8. The molecule has 2 aliphatic rings. The standard InChI is InChI=1S/C27H34N2O/c1-3-14-26(30)15-16-27(4-2)21(18-26)9-7-8-19-17-20(12-13-22(19)27)25-28-23-10-5-6-11-24(23)29-25/h5-6,10-13,17,21,30H,3-4,7-9,14-16,18H2,1-2H3,(H,28,29)/t21-,26+,27+/m1/s1. The Morgan fingerprint density at radius 2 is 2.00 bits per heavy atom. The molecule has 3 nitrogen and oxygen atoms in total. The van der Waals surface area contributed by atoms with E-state index in [0.29, 0.717) is 5.92 Å². The van der Waals surface area contributed by atoms with Crippen molar-refractivity contribution in [2.75, 3.05) is 0 Å². The first-order valence-corrected chi connectivity index (χ1v) is 11.9. The summed E-state index contributed by atoms with van der Waals surface area (Å²) in [5, 5.41) is 11.2. The molecular weight excluding hydrogens is 368 g/mol. The van der Waals surface area contributed by atoms with Crippen molar-refractivity contribution in [3.05, 3.63) is 53.6 Å². The van der Waals surface area contributed by atoms with Gasteiger partial charge < -0.3 is 10.1 Å². The van der Waals surface area contributed by atoms with Gasteiger partial charge in [-0.3, -0.25) is 0 Å². The van der Waals surface area contributed by atoms with Crippen molar-refractivity contribution >= 4 is 11.0 Å². The second-order valence-corrected chi connectivity index (χ2v) is 9.75. The molecule has 158 valence electrons. The van der Waals surface area contributed by atoms with E-state index < -0.39 is 5.60 Å². The van der Waals surface area contributed by atoms with E-state index in [2.05, 4.69) is 55.2 Å². The molecule has 5 rings (SSSR count). The molecule has 0 bridgehead atoms. The first-order valence-electron chi connectivity index (χ1n) is 11.9. The van der Waals surface area contributed by atoms with Crippen LogP contribution in [0.4, 0.5) is 0 Å². The molecule has 2 aromatic carbocycles. The van der Waals surface area contributed by atoms with Crippen molar-refractivity contribution in [2.24, 2.45) is 5.92 Å². The van der Waals surface area contributed by atoms with Gasteiger partial charge >= 0.3 is 0 Å².